The minimum Gasteiger partial charge on any atom is -0.399 e. The molecule has 1 saturated heterocycles. The normalized spacial score (nSPS) is 16.6. The Morgan fingerprint density at radius 2 is 1.24 bits per heavy atom. The van der Waals surface area contributed by atoms with Gasteiger partial charge in [-0.2, -0.15) is 0 Å². The fourth-order valence-corrected chi connectivity index (χ4v) is 4.23. The van der Waals surface area contributed by atoms with Crippen molar-refractivity contribution in [2.75, 3.05) is 0 Å². The van der Waals surface area contributed by atoms with E-state index in [9.17, 15) is 0 Å². The zero-order valence-corrected chi connectivity index (χ0v) is 20.4. The highest BCUT2D eigenvalue weighted by molar-refractivity contribution is 6.62. The molecule has 0 spiro atoms. The lowest BCUT2D eigenvalue weighted by Gasteiger charge is -2.32. The van der Waals surface area contributed by atoms with E-state index in [0.29, 0.717) is 0 Å². The summed E-state index contributed by atoms with van der Waals surface area (Å²) in [7, 11) is -0.452. The Morgan fingerprint density at radius 3 is 1.82 bits per heavy atom. The van der Waals surface area contributed by atoms with Gasteiger partial charge in [-0.1, -0.05) is 36.4 Å². The number of nitrogens with zero attached hydrogens (tertiary/aromatic N) is 2. The second-order valence-electron chi connectivity index (χ2n) is 9.89. The third kappa shape index (κ3) is 4.17. The molecule has 0 amide bonds. The molecule has 4 nitrogen and oxygen atoms in total. The van der Waals surface area contributed by atoms with Crippen molar-refractivity contribution in [2.45, 2.75) is 45.8 Å². The molecular weight excluding hydrogens is 419 g/mol. The predicted octanol–water partition coefficient (Wildman–Crippen LogP) is 6.09. The molecular formula is C29H29BN2O2. The molecule has 2 aromatic heterocycles. The zero-order valence-electron chi connectivity index (χ0n) is 20.4. The van der Waals surface area contributed by atoms with Gasteiger partial charge in [-0.05, 0) is 93.2 Å². The third-order valence-corrected chi connectivity index (χ3v) is 6.95. The SMILES string of the molecule is Cc1ccc(-c2ccccn2)cc1-c1cc(B2OC(C)(C)C(C)(C)O2)cc(-c2ccccn2)c1. The van der Waals surface area contributed by atoms with E-state index in [1.54, 1.807) is 0 Å². The fourth-order valence-electron chi connectivity index (χ4n) is 4.23. The Balaban J connectivity index is 1.65. The maximum atomic E-state index is 6.40. The molecule has 170 valence electrons. The number of benzene rings is 2. The second-order valence-corrected chi connectivity index (χ2v) is 9.89. The van der Waals surface area contributed by atoms with Gasteiger partial charge < -0.3 is 9.31 Å². The Morgan fingerprint density at radius 1 is 0.647 bits per heavy atom. The molecule has 1 fully saturated rings. The van der Waals surface area contributed by atoms with Crippen LogP contribution in [-0.2, 0) is 9.31 Å². The summed E-state index contributed by atoms with van der Waals surface area (Å²) in [6.45, 7) is 10.5. The van der Waals surface area contributed by atoms with E-state index in [1.807, 2.05) is 48.8 Å². The molecule has 0 unspecified atom stereocenters. The van der Waals surface area contributed by atoms with Crippen molar-refractivity contribution in [3.05, 3.63) is 90.8 Å². The van der Waals surface area contributed by atoms with Crippen LogP contribution in [0.2, 0.25) is 0 Å². The van der Waals surface area contributed by atoms with Crippen molar-refractivity contribution >= 4 is 12.6 Å². The molecule has 3 heterocycles. The molecule has 5 heteroatoms. The molecule has 0 saturated carbocycles. The lowest BCUT2D eigenvalue weighted by Crippen LogP contribution is -2.41. The van der Waals surface area contributed by atoms with E-state index >= 15 is 0 Å². The average molecular weight is 448 g/mol. The van der Waals surface area contributed by atoms with Gasteiger partial charge in [0.25, 0.3) is 0 Å². The highest BCUT2D eigenvalue weighted by Gasteiger charge is 2.51. The summed E-state index contributed by atoms with van der Waals surface area (Å²) in [5, 5.41) is 0. The second kappa shape index (κ2) is 8.50. The van der Waals surface area contributed by atoms with Crippen LogP contribution in [0.15, 0.2) is 85.2 Å². The highest BCUT2D eigenvalue weighted by atomic mass is 16.7. The maximum Gasteiger partial charge on any atom is 0.494 e. The van der Waals surface area contributed by atoms with Crippen LogP contribution in [0.1, 0.15) is 33.3 Å². The summed E-state index contributed by atoms with van der Waals surface area (Å²) in [5.74, 6) is 0. The van der Waals surface area contributed by atoms with Gasteiger partial charge in [-0.15, -0.1) is 0 Å². The van der Waals surface area contributed by atoms with Gasteiger partial charge in [-0.3, -0.25) is 9.97 Å². The molecule has 1 aliphatic heterocycles. The van der Waals surface area contributed by atoms with Crippen molar-refractivity contribution < 1.29 is 9.31 Å². The average Bonchev–Trinajstić information content (AvgIpc) is 3.07. The first-order chi connectivity index (χ1) is 16.2. The summed E-state index contributed by atoms with van der Waals surface area (Å²) in [6, 6.07) is 25.0. The molecule has 0 aliphatic carbocycles. The van der Waals surface area contributed by atoms with Gasteiger partial charge >= 0.3 is 7.12 Å². The number of hydrogen-bond acceptors (Lipinski definition) is 4. The molecule has 1 aliphatic rings. The summed E-state index contributed by atoms with van der Waals surface area (Å²) in [6.07, 6.45) is 3.65. The van der Waals surface area contributed by atoms with Gasteiger partial charge in [-0.25, -0.2) is 0 Å². The van der Waals surface area contributed by atoms with Crippen molar-refractivity contribution in [1.29, 1.82) is 0 Å². The lowest BCUT2D eigenvalue weighted by molar-refractivity contribution is 0.00578. The van der Waals surface area contributed by atoms with Crippen LogP contribution in [0.3, 0.4) is 0 Å². The number of hydrogen-bond donors (Lipinski definition) is 0. The lowest BCUT2D eigenvalue weighted by atomic mass is 9.76. The number of pyridine rings is 2. The minimum absolute atomic E-state index is 0.409. The van der Waals surface area contributed by atoms with E-state index in [1.165, 1.54) is 5.56 Å². The summed E-state index contributed by atoms with van der Waals surface area (Å²) in [4.78, 5) is 9.15. The van der Waals surface area contributed by atoms with Crippen molar-refractivity contribution in [3.8, 4) is 33.6 Å². The van der Waals surface area contributed by atoms with E-state index in [2.05, 4.69) is 81.0 Å². The number of aromatic nitrogens is 2. The molecule has 2 aromatic carbocycles. The van der Waals surface area contributed by atoms with Gasteiger partial charge in [0.1, 0.15) is 0 Å². The van der Waals surface area contributed by atoms with Crippen molar-refractivity contribution in [3.63, 3.8) is 0 Å². The topological polar surface area (TPSA) is 44.2 Å². The summed E-state index contributed by atoms with van der Waals surface area (Å²) >= 11 is 0. The third-order valence-electron chi connectivity index (χ3n) is 6.95. The van der Waals surface area contributed by atoms with E-state index in [0.717, 1.165) is 39.1 Å². The minimum atomic E-state index is -0.452. The first-order valence-corrected chi connectivity index (χ1v) is 11.7. The first kappa shape index (κ1) is 22.5. The van der Waals surface area contributed by atoms with Crippen LogP contribution >= 0.6 is 0 Å². The van der Waals surface area contributed by atoms with E-state index < -0.39 is 18.3 Å². The molecule has 4 aromatic rings. The van der Waals surface area contributed by atoms with Crippen LogP contribution in [0.5, 0.6) is 0 Å². The molecule has 0 N–H and O–H groups in total. The summed E-state index contributed by atoms with van der Waals surface area (Å²) < 4.78 is 12.8. The van der Waals surface area contributed by atoms with Crippen LogP contribution in [0.4, 0.5) is 0 Å². The number of rotatable bonds is 4. The van der Waals surface area contributed by atoms with E-state index in [-0.39, 0.29) is 0 Å². The Bertz CT molecular complexity index is 1300. The Hall–Kier alpha value is -3.28. The fraction of sp³-hybridized carbons (Fsp3) is 0.241. The molecule has 34 heavy (non-hydrogen) atoms. The zero-order chi connectivity index (χ0) is 23.9. The Labute approximate surface area is 202 Å². The molecule has 0 radical (unpaired) electrons. The van der Waals surface area contributed by atoms with Gasteiger partial charge in [0.05, 0.1) is 22.6 Å². The predicted molar refractivity (Wildman–Crippen MR) is 139 cm³/mol. The quantitative estimate of drug-likeness (QED) is 0.355. The van der Waals surface area contributed by atoms with Crippen molar-refractivity contribution in [1.82, 2.24) is 9.97 Å². The first-order valence-electron chi connectivity index (χ1n) is 11.7. The monoisotopic (exact) mass is 448 g/mol. The Kier molecular flexibility index (Phi) is 5.63. The van der Waals surface area contributed by atoms with Crippen LogP contribution in [-0.4, -0.2) is 28.3 Å². The van der Waals surface area contributed by atoms with Crippen LogP contribution < -0.4 is 5.46 Å². The maximum absolute atomic E-state index is 6.40. The van der Waals surface area contributed by atoms with Crippen LogP contribution in [0, 0.1) is 6.92 Å². The van der Waals surface area contributed by atoms with Gasteiger partial charge in [0, 0.05) is 23.5 Å². The number of aryl methyl sites for hydroxylation is 1. The molecule has 5 rings (SSSR count). The standard InChI is InChI=1S/C29H29BN2O2/c1-20-12-13-21(26-10-6-8-14-31-26)19-25(20)22-16-23(27-11-7-9-15-32-27)18-24(17-22)30-33-28(2,3)29(4,5)34-30/h6-19H,1-5H3. The largest absolute Gasteiger partial charge is 0.494 e. The summed E-state index contributed by atoms with van der Waals surface area (Å²) in [5.41, 5.74) is 7.60. The van der Waals surface area contributed by atoms with E-state index in [4.69, 9.17) is 9.31 Å². The van der Waals surface area contributed by atoms with Crippen LogP contribution in [0.25, 0.3) is 33.6 Å². The van der Waals surface area contributed by atoms with Gasteiger partial charge in [0.15, 0.2) is 0 Å². The molecule has 0 bridgehead atoms. The highest BCUT2D eigenvalue weighted by Crippen LogP contribution is 2.37. The molecule has 0 atom stereocenters. The smallest absolute Gasteiger partial charge is 0.399 e. The van der Waals surface area contributed by atoms with Gasteiger partial charge in [0.2, 0.25) is 0 Å². The van der Waals surface area contributed by atoms with Crippen molar-refractivity contribution in [2.24, 2.45) is 0 Å².